The Kier molecular flexibility index (Phi) is 5.95. The number of esters is 1. The molecule has 0 aromatic heterocycles. The quantitative estimate of drug-likeness (QED) is 0.789. The van der Waals surface area contributed by atoms with Crippen molar-refractivity contribution in [2.75, 3.05) is 33.3 Å². The van der Waals surface area contributed by atoms with Crippen LogP contribution in [0.2, 0.25) is 0 Å². The predicted molar refractivity (Wildman–Crippen MR) is 89.7 cm³/mol. The Morgan fingerprint density at radius 2 is 1.79 bits per heavy atom. The molecular weight excluding hydrogens is 308 g/mol. The van der Waals surface area contributed by atoms with Gasteiger partial charge in [-0.25, -0.2) is 4.79 Å². The lowest BCUT2D eigenvalue weighted by molar-refractivity contribution is -0.130. The van der Waals surface area contributed by atoms with Crippen LogP contribution in [-0.4, -0.2) is 60.9 Å². The summed E-state index contributed by atoms with van der Waals surface area (Å²) in [5.41, 5.74) is 0.564. The maximum Gasteiger partial charge on any atom is 0.338 e. The highest BCUT2D eigenvalue weighted by Gasteiger charge is 2.27. The lowest BCUT2D eigenvalue weighted by Crippen LogP contribution is -2.37. The number of methoxy groups -OCH3 is 1. The zero-order chi connectivity index (χ0) is 17.7. The summed E-state index contributed by atoms with van der Waals surface area (Å²) < 4.78 is 4.74. The molecule has 130 valence electrons. The van der Waals surface area contributed by atoms with Crippen LogP contribution in [0.25, 0.3) is 0 Å². The Balaban J connectivity index is 2.16. The average molecular weight is 332 g/mol. The third-order valence-corrected chi connectivity index (χ3v) is 4.02. The first-order valence-corrected chi connectivity index (χ1v) is 8.18. The van der Waals surface area contributed by atoms with Gasteiger partial charge in [-0.15, -0.1) is 0 Å². The maximum atomic E-state index is 12.8. The van der Waals surface area contributed by atoms with E-state index in [2.05, 4.69) is 13.8 Å². The van der Waals surface area contributed by atoms with Crippen LogP contribution in [0.5, 0.6) is 0 Å². The third-order valence-electron chi connectivity index (χ3n) is 4.02. The highest BCUT2D eigenvalue weighted by Crippen LogP contribution is 2.16. The molecule has 1 saturated heterocycles. The second-order valence-corrected chi connectivity index (χ2v) is 6.31. The summed E-state index contributed by atoms with van der Waals surface area (Å²) in [4.78, 5) is 40.3. The number of nitrogens with zero attached hydrogens (tertiary/aromatic N) is 2. The van der Waals surface area contributed by atoms with E-state index in [1.165, 1.54) is 7.11 Å². The fourth-order valence-electron chi connectivity index (χ4n) is 2.83. The Bertz CT molecular complexity index is 627. The lowest BCUT2D eigenvalue weighted by Gasteiger charge is -2.24. The number of ether oxygens (including phenoxy) is 1. The summed E-state index contributed by atoms with van der Waals surface area (Å²) in [6, 6.07) is 6.60. The predicted octanol–water partition coefficient (Wildman–Crippen LogP) is 1.80. The van der Waals surface area contributed by atoms with Crippen molar-refractivity contribution in [3.63, 3.8) is 0 Å². The van der Waals surface area contributed by atoms with E-state index < -0.39 is 5.97 Å². The molecule has 2 amide bonds. The number of carbonyl (C=O) groups excluding carboxylic acids is 3. The molecule has 0 saturated carbocycles. The highest BCUT2D eigenvalue weighted by molar-refractivity contribution is 6.05. The minimum Gasteiger partial charge on any atom is -0.465 e. The second kappa shape index (κ2) is 7.95. The Morgan fingerprint density at radius 3 is 2.42 bits per heavy atom. The number of carbonyl (C=O) groups is 3. The molecule has 1 aliphatic heterocycles. The summed E-state index contributed by atoms with van der Waals surface area (Å²) >= 11 is 0. The van der Waals surface area contributed by atoms with Gasteiger partial charge in [-0.2, -0.15) is 0 Å². The van der Waals surface area contributed by atoms with E-state index in [0.717, 1.165) is 0 Å². The standard InChI is InChI=1S/C18H24N2O4/c1-13(2)12-20-11-10-19(9-8-16(20)21)17(22)14-6-4-5-7-15(14)18(23)24-3/h4-7,13H,8-12H2,1-3H3. The summed E-state index contributed by atoms with van der Waals surface area (Å²) in [5, 5.41) is 0. The van der Waals surface area contributed by atoms with Crippen LogP contribution >= 0.6 is 0 Å². The van der Waals surface area contributed by atoms with E-state index in [9.17, 15) is 14.4 Å². The Morgan fingerprint density at radius 1 is 1.12 bits per heavy atom. The first kappa shape index (κ1) is 18.0. The van der Waals surface area contributed by atoms with Gasteiger partial charge >= 0.3 is 5.97 Å². The fraction of sp³-hybridized carbons (Fsp3) is 0.500. The van der Waals surface area contributed by atoms with Crippen LogP contribution in [0.1, 0.15) is 41.0 Å². The van der Waals surface area contributed by atoms with E-state index in [4.69, 9.17) is 4.74 Å². The Hall–Kier alpha value is -2.37. The van der Waals surface area contributed by atoms with E-state index in [-0.39, 0.29) is 17.4 Å². The zero-order valence-corrected chi connectivity index (χ0v) is 14.4. The molecule has 6 heteroatoms. The van der Waals surface area contributed by atoms with Gasteiger partial charge in [-0.05, 0) is 18.1 Å². The number of hydrogen-bond donors (Lipinski definition) is 0. The molecule has 1 fully saturated rings. The number of hydrogen-bond acceptors (Lipinski definition) is 4. The van der Waals surface area contributed by atoms with Crippen molar-refractivity contribution >= 4 is 17.8 Å². The van der Waals surface area contributed by atoms with Crippen LogP contribution in [0.3, 0.4) is 0 Å². The van der Waals surface area contributed by atoms with Crippen molar-refractivity contribution in [2.24, 2.45) is 5.92 Å². The van der Waals surface area contributed by atoms with E-state index in [1.54, 1.807) is 29.2 Å². The number of rotatable bonds is 4. The van der Waals surface area contributed by atoms with Crippen LogP contribution < -0.4 is 0 Å². The molecule has 0 bridgehead atoms. The van der Waals surface area contributed by atoms with E-state index in [1.807, 2.05) is 4.90 Å². The van der Waals surface area contributed by atoms with Gasteiger partial charge < -0.3 is 14.5 Å². The second-order valence-electron chi connectivity index (χ2n) is 6.31. The van der Waals surface area contributed by atoms with Gasteiger partial charge in [0.2, 0.25) is 5.91 Å². The largest absolute Gasteiger partial charge is 0.465 e. The summed E-state index contributed by atoms with van der Waals surface area (Å²) in [6.45, 7) is 6.17. The molecule has 1 aliphatic rings. The third kappa shape index (κ3) is 4.13. The van der Waals surface area contributed by atoms with E-state index >= 15 is 0 Å². The molecular formula is C18H24N2O4. The molecule has 0 atom stereocenters. The SMILES string of the molecule is COC(=O)c1ccccc1C(=O)N1CCC(=O)N(CC(C)C)CC1. The topological polar surface area (TPSA) is 66.9 Å². The van der Waals surface area contributed by atoms with E-state index in [0.29, 0.717) is 44.1 Å². The molecule has 0 unspecified atom stereocenters. The van der Waals surface area contributed by atoms with Gasteiger partial charge in [-0.3, -0.25) is 9.59 Å². The van der Waals surface area contributed by atoms with Crippen molar-refractivity contribution in [3.8, 4) is 0 Å². The lowest BCUT2D eigenvalue weighted by atomic mass is 10.1. The molecule has 6 nitrogen and oxygen atoms in total. The molecule has 1 aromatic carbocycles. The molecule has 24 heavy (non-hydrogen) atoms. The fourth-order valence-corrected chi connectivity index (χ4v) is 2.83. The van der Waals surface area contributed by atoms with Crippen LogP contribution in [-0.2, 0) is 9.53 Å². The van der Waals surface area contributed by atoms with Gasteiger partial charge in [0.15, 0.2) is 0 Å². The number of benzene rings is 1. The van der Waals surface area contributed by atoms with Crippen LogP contribution in [0.15, 0.2) is 24.3 Å². The van der Waals surface area contributed by atoms with Crippen LogP contribution in [0, 0.1) is 5.92 Å². The van der Waals surface area contributed by atoms with Gasteiger partial charge in [0.25, 0.3) is 5.91 Å². The number of amides is 2. The summed E-state index contributed by atoms with van der Waals surface area (Å²) in [7, 11) is 1.29. The normalized spacial score (nSPS) is 15.4. The molecule has 1 heterocycles. The van der Waals surface area contributed by atoms with Crippen molar-refractivity contribution in [2.45, 2.75) is 20.3 Å². The van der Waals surface area contributed by atoms with Gasteiger partial charge in [0.1, 0.15) is 0 Å². The first-order valence-electron chi connectivity index (χ1n) is 8.18. The molecule has 0 spiro atoms. The van der Waals surface area contributed by atoms with Crippen molar-refractivity contribution < 1.29 is 19.1 Å². The molecule has 0 aliphatic carbocycles. The molecule has 1 aromatic rings. The highest BCUT2D eigenvalue weighted by atomic mass is 16.5. The zero-order valence-electron chi connectivity index (χ0n) is 14.4. The maximum absolute atomic E-state index is 12.8. The van der Waals surface area contributed by atoms with Crippen molar-refractivity contribution in [3.05, 3.63) is 35.4 Å². The monoisotopic (exact) mass is 332 g/mol. The summed E-state index contributed by atoms with van der Waals surface area (Å²) in [5.74, 6) is -0.321. The van der Waals surface area contributed by atoms with Crippen LogP contribution in [0.4, 0.5) is 0 Å². The average Bonchev–Trinajstić information content (AvgIpc) is 2.75. The summed E-state index contributed by atoms with van der Waals surface area (Å²) in [6.07, 6.45) is 0.304. The molecule has 0 radical (unpaired) electrons. The van der Waals surface area contributed by atoms with Gasteiger partial charge in [-0.1, -0.05) is 26.0 Å². The first-order chi connectivity index (χ1) is 11.4. The smallest absolute Gasteiger partial charge is 0.338 e. The Labute approximate surface area is 142 Å². The van der Waals surface area contributed by atoms with Gasteiger partial charge in [0.05, 0.1) is 18.2 Å². The molecule has 2 rings (SSSR count). The van der Waals surface area contributed by atoms with Gasteiger partial charge in [0, 0.05) is 32.6 Å². The minimum absolute atomic E-state index is 0.0697. The molecule has 0 N–H and O–H groups in total. The minimum atomic E-state index is -0.536. The van der Waals surface area contributed by atoms with Crippen molar-refractivity contribution in [1.29, 1.82) is 0 Å². The van der Waals surface area contributed by atoms with Crippen molar-refractivity contribution in [1.82, 2.24) is 9.80 Å².